The van der Waals surface area contributed by atoms with E-state index in [1.165, 1.54) is 18.5 Å². The summed E-state index contributed by atoms with van der Waals surface area (Å²) in [6.45, 7) is 7.69. The van der Waals surface area contributed by atoms with E-state index in [-0.39, 0.29) is 16.7 Å². The van der Waals surface area contributed by atoms with Crippen LogP contribution < -0.4 is 11.3 Å². The summed E-state index contributed by atoms with van der Waals surface area (Å²) in [7, 11) is 0. The summed E-state index contributed by atoms with van der Waals surface area (Å²) in [6, 6.07) is 4.89. The number of anilines is 1. The van der Waals surface area contributed by atoms with Crippen LogP contribution in [0, 0.1) is 6.92 Å². The Labute approximate surface area is 145 Å². The maximum Gasteiger partial charge on any atom is 0.354 e. The van der Waals surface area contributed by atoms with Gasteiger partial charge in [0.2, 0.25) is 0 Å². The van der Waals surface area contributed by atoms with E-state index in [0.29, 0.717) is 11.4 Å². The van der Waals surface area contributed by atoms with Crippen LogP contribution in [0.25, 0.3) is 0 Å². The topological polar surface area (TPSA) is 138 Å². The molecule has 0 saturated carbocycles. The molecule has 0 aliphatic rings. The Kier molecular flexibility index (Phi) is 6.58. The maximum absolute atomic E-state index is 11.1. The van der Waals surface area contributed by atoms with Crippen molar-refractivity contribution in [1.82, 2.24) is 9.97 Å². The number of nitrogen functional groups attached to an aromatic ring is 1. The molecular weight excluding hydrogens is 324 g/mol. The Hall–Kier alpha value is -3.00. The summed E-state index contributed by atoms with van der Waals surface area (Å²) in [5.74, 6) is 3.69. The number of carboxylic acids is 2. The number of hydrogen-bond acceptors (Lipinski definition) is 6. The third kappa shape index (κ3) is 5.54. The smallest absolute Gasteiger partial charge is 0.354 e. The first kappa shape index (κ1) is 20.0. The molecule has 134 valence electrons. The zero-order valence-electron chi connectivity index (χ0n) is 14.6. The number of pyridine rings is 2. The molecule has 0 aliphatic heterocycles. The predicted octanol–water partition coefficient (Wildman–Crippen LogP) is 2.45. The van der Waals surface area contributed by atoms with Crippen LogP contribution in [0.4, 0.5) is 5.82 Å². The molecule has 8 heteroatoms. The third-order valence-electron chi connectivity index (χ3n) is 3.27. The van der Waals surface area contributed by atoms with Gasteiger partial charge in [0.15, 0.2) is 5.69 Å². The summed E-state index contributed by atoms with van der Waals surface area (Å²) < 4.78 is 0. The molecule has 0 spiro atoms. The molecule has 0 radical (unpaired) electrons. The SMILES string of the molecule is Cc1cc(C(C)(C)C)c(C(=O)O)nc1NN.O=C(O)c1cccnc1. The molecule has 0 fully saturated rings. The van der Waals surface area contributed by atoms with Crippen LogP contribution in [-0.2, 0) is 5.41 Å². The van der Waals surface area contributed by atoms with Crippen molar-refractivity contribution < 1.29 is 19.8 Å². The average Bonchev–Trinajstić information content (AvgIpc) is 2.55. The molecule has 5 N–H and O–H groups in total. The van der Waals surface area contributed by atoms with Crippen molar-refractivity contribution in [2.24, 2.45) is 5.84 Å². The first-order valence-corrected chi connectivity index (χ1v) is 7.43. The molecule has 0 aromatic carbocycles. The summed E-state index contributed by atoms with van der Waals surface area (Å²) in [4.78, 5) is 28.9. The van der Waals surface area contributed by atoms with Crippen LogP contribution >= 0.6 is 0 Å². The predicted molar refractivity (Wildman–Crippen MR) is 93.6 cm³/mol. The van der Waals surface area contributed by atoms with Gasteiger partial charge in [0.1, 0.15) is 5.82 Å². The molecule has 2 heterocycles. The number of hydrogen-bond donors (Lipinski definition) is 4. The Morgan fingerprint density at radius 1 is 1.20 bits per heavy atom. The highest BCUT2D eigenvalue weighted by molar-refractivity contribution is 5.88. The average molecular weight is 346 g/mol. The van der Waals surface area contributed by atoms with E-state index in [1.807, 2.05) is 33.8 Å². The number of carbonyl (C=O) groups is 2. The second kappa shape index (κ2) is 8.20. The van der Waals surface area contributed by atoms with Crippen LogP contribution in [-0.4, -0.2) is 32.1 Å². The highest BCUT2D eigenvalue weighted by atomic mass is 16.4. The van der Waals surface area contributed by atoms with Gasteiger partial charge in [0.25, 0.3) is 0 Å². The Morgan fingerprint density at radius 2 is 1.84 bits per heavy atom. The molecule has 0 unspecified atom stereocenters. The summed E-state index contributed by atoms with van der Waals surface area (Å²) in [5, 5.41) is 17.5. The number of carboxylic acid groups (broad SMARTS) is 2. The number of aromatic nitrogens is 2. The van der Waals surface area contributed by atoms with Crippen LogP contribution in [0.3, 0.4) is 0 Å². The van der Waals surface area contributed by atoms with Gasteiger partial charge in [-0.25, -0.2) is 20.4 Å². The largest absolute Gasteiger partial charge is 0.478 e. The molecule has 0 aliphatic carbocycles. The minimum Gasteiger partial charge on any atom is -0.478 e. The van der Waals surface area contributed by atoms with E-state index in [2.05, 4.69) is 15.4 Å². The molecule has 2 aromatic heterocycles. The zero-order valence-corrected chi connectivity index (χ0v) is 14.6. The van der Waals surface area contributed by atoms with Gasteiger partial charge in [-0.2, -0.15) is 0 Å². The van der Waals surface area contributed by atoms with Crippen molar-refractivity contribution in [2.45, 2.75) is 33.1 Å². The lowest BCUT2D eigenvalue weighted by Gasteiger charge is -2.22. The first-order valence-electron chi connectivity index (χ1n) is 7.43. The van der Waals surface area contributed by atoms with Crippen molar-refractivity contribution in [3.63, 3.8) is 0 Å². The fourth-order valence-corrected chi connectivity index (χ4v) is 1.98. The maximum atomic E-state index is 11.1. The van der Waals surface area contributed by atoms with Gasteiger partial charge in [-0.3, -0.25) is 4.98 Å². The van der Waals surface area contributed by atoms with Gasteiger partial charge in [-0.1, -0.05) is 20.8 Å². The highest BCUT2D eigenvalue weighted by Crippen LogP contribution is 2.28. The van der Waals surface area contributed by atoms with Crippen molar-refractivity contribution >= 4 is 17.8 Å². The third-order valence-corrected chi connectivity index (χ3v) is 3.27. The number of rotatable bonds is 3. The first-order chi connectivity index (χ1) is 11.6. The molecule has 2 aromatic rings. The Bertz CT molecular complexity index is 755. The van der Waals surface area contributed by atoms with E-state index < -0.39 is 11.9 Å². The van der Waals surface area contributed by atoms with Crippen molar-refractivity contribution in [3.05, 3.63) is 53.0 Å². The van der Waals surface area contributed by atoms with E-state index >= 15 is 0 Å². The van der Waals surface area contributed by atoms with E-state index in [9.17, 15) is 9.59 Å². The molecule has 8 nitrogen and oxygen atoms in total. The highest BCUT2D eigenvalue weighted by Gasteiger charge is 2.24. The van der Waals surface area contributed by atoms with Gasteiger partial charge in [0, 0.05) is 12.4 Å². The fourth-order valence-electron chi connectivity index (χ4n) is 1.98. The van der Waals surface area contributed by atoms with E-state index in [0.717, 1.165) is 5.56 Å². The molecular formula is C17H22N4O4. The number of nitrogens with two attached hydrogens (primary N) is 1. The Morgan fingerprint density at radius 3 is 2.20 bits per heavy atom. The zero-order chi connectivity index (χ0) is 19.2. The molecule has 0 bridgehead atoms. The van der Waals surface area contributed by atoms with Gasteiger partial charge < -0.3 is 15.6 Å². The summed E-state index contributed by atoms with van der Waals surface area (Å²) >= 11 is 0. The number of nitrogens with zero attached hydrogens (tertiary/aromatic N) is 2. The lowest BCUT2D eigenvalue weighted by Crippen LogP contribution is -2.21. The number of aryl methyl sites for hydroxylation is 1. The molecule has 0 amide bonds. The molecule has 25 heavy (non-hydrogen) atoms. The van der Waals surface area contributed by atoms with Crippen LogP contribution in [0.15, 0.2) is 30.6 Å². The number of hydrazine groups is 1. The second-order valence-electron chi connectivity index (χ2n) is 6.30. The number of nitrogens with one attached hydrogen (secondary N) is 1. The van der Waals surface area contributed by atoms with Crippen molar-refractivity contribution in [3.8, 4) is 0 Å². The standard InChI is InChI=1S/C11H17N3O2.C6H5NO2/c1-6-5-7(11(2,3)4)8(10(15)16)13-9(6)14-12;8-6(9)5-2-1-3-7-4-5/h5H,12H2,1-4H3,(H,13,14)(H,15,16);1-4H,(H,8,9). The normalized spacial score (nSPS) is 10.4. The fraction of sp³-hybridized carbons (Fsp3) is 0.294. The van der Waals surface area contributed by atoms with Crippen molar-refractivity contribution in [1.29, 1.82) is 0 Å². The lowest BCUT2D eigenvalue weighted by atomic mass is 9.85. The monoisotopic (exact) mass is 346 g/mol. The van der Waals surface area contributed by atoms with Crippen LogP contribution in [0.5, 0.6) is 0 Å². The molecule has 0 atom stereocenters. The van der Waals surface area contributed by atoms with Gasteiger partial charge in [-0.05, 0) is 41.7 Å². The molecule has 2 rings (SSSR count). The van der Waals surface area contributed by atoms with Crippen LogP contribution in [0.1, 0.15) is 52.7 Å². The Balaban J connectivity index is 0.000000293. The van der Waals surface area contributed by atoms with Crippen LogP contribution in [0.2, 0.25) is 0 Å². The second-order valence-corrected chi connectivity index (χ2v) is 6.30. The molecule has 0 saturated heterocycles. The van der Waals surface area contributed by atoms with E-state index in [1.54, 1.807) is 6.07 Å². The quantitative estimate of drug-likeness (QED) is 0.491. The minimum atomic E-state index is -1.04. The van der Waals surface area contributed by atoms with Crippen molar-refractivity contribution in [2.75, 3.05) is 5.43 Å². The lowest BCUT2D eigenvalue weighted by molar-refractivity contribution is 0.0680. The summed E-state index contributed by atoms with van der Waals surface area (Å²) in [6.07, 6.45) is 2.84. The van der Waals surface area contributed by atoms with Gasteiger partial charge in [0.05, 0.1) is 5.56 Å². The van der Waals surface area contributed by atoms with Gasteiger partial charge in [-0.15, -0.1) is 0 Å². The summed E-state index contributed by atoms with van der Waals surface area (Å²) in [5.41, 5.74) is 3.93. The minimum absolute atomic E-state index is 0.0473. The number of aromatic carboxylic acids is 2. The van der Waals surface area contributed by atoms with Gasteiger partial charge >= 0.3 is 11.9 Å². The van der Waals surface area contributed by atoms with E-state index in [4.69, 9.17) is 16.1 Å².